The minimum atomic E-state index is 0.0912. The van der Waals surface area contributed by atoms with Crippen LogP contribution in [0.15, 0.2) is 65.5 Å². The Morgan fingerprint density at radius 1 is 1.03 bits per heavy atom. The topological polar surface area (TPSA) is 49.0 Å². The highest BCUT2D eigenvalue weighted by Gasteiger charge is 2.35. The standard InChI is InChI=1S/C27H24ClN3O/c28-25-9-5-19(6-10-25)4-7-23-8-11-26(32)31-17-22-13-24(27(23)31)18-30(16-22)15-21-3-1-2-20(12-21)14-29/h1-12,22,24H,13,15-18H2/t22-,24-/m1/s1. The molecule has 2 aliphatic rings. The Morgan fingerprint density at radius 2 is 1.88 bits per heavy atom. The Balaban J connectivity index is 1.43. The van der Waals surface area contributed by atoms with E-state index >= 15 is 0 Å². The first kappa shape index (κ1) is 20.8. The zero-order valence-corrected chi connectivity index (χ0v) is 18.5. The predicted octanol–water partition coefficient (Wildman–Crippen LogP) is 5.16. The minimum absolute atomic E-state index is 0.0912. The Labute approximate surface area is 193 Å². The van der Waals surface area contributed by atoms with Gasteiger partial charge in [-0.05, 0) is 59.4 Å². The Kier molecular flexibility index (Phi) is 5.70. The van der Waals surface area contributed by atoms with Crippen molar-refractivity contribution in [2.75, 3.05) is 13.1 Å². The van der Waals surface area contributed by atoms with Gasteiger partial charge in [0, 0.05) is 48.9 Å². The number of halogens is 1. The molecular formula is C27H24ClN3O. The number of piperidine rings is 1. The summed E-state index contributed by atoms with van der Waals surface area (Å²) in [5.74, 6) is 0.786. The van der Waals surface area contributed by atoms with Crippen molar-refractivity contribution in [2.24, 2.45) is 5.92 Å². The van der Waals surface area contributed by atoms with E-state index in [1.54, 1.807) is 6.07 Å². The lowest BCUT2D eigenvalue weighted by Crippen LogP contribution is -2.47. The first-order chi connectivity index (χ1) is 15.6. The number of fused-ring (bicyclic) bond motifs is 4. The van der Waals surface area contributed by atoms with E-state index in [1.807, 2.05) is 53.1 Å². The van der Waals surface area contributed by atoms with E-state index in [1.165, 1.54) is 0 Å². The summed E-state index contributed by atoms with van der Waals surface area (Å²) in [6, 6.07) is 21.5. The summed E-state index contributed by atoms with van der Waals surface area (Å²) in [6.07, 6.45) is 5.31. The fraction of sp³-hybridized carbons (Fsp3) is 0.259. The third-order valence-electron chi connectivity index (χ3n) is 6.49. The molecule has 2 bridgehead atoms. The summed E-state index contributed by atoms with van der Waals surface area (Å²) in [7, 11) is 0. The molecule has 5 heteroatoms. The van der Waals surface area contributed by atoms with Gasteiger partial charge in [0.15, 0.2) is 0 Å². The van der Waals surface area contributed by atoms with Crippen LogP contribution < -0.4 is 5.56 Å². The van der Waals surface area contributed by atoms with Gasteiger partial charge in [0.05, 0.1) is 11.6 Å². The van der Waals surface area contributed by atoms with Crippen molar-refractivity contribution in [3.63, 3.8) is 0 Å². The van der Waals surface area contributed by atoms with Gasteiger partial charge >= 0.3 is 0 Å². The van der Waals surface area contributed by atoms with Gasteiger partial charge in [-0.3, -0.25) is 9.69 Å². The Morgan fingerprint density at radius 3 is 2.69 bits per heavy atom. The number of hydrogen-bond donors (Lipinski definition) is 0. The molecule has 0 spiro atoms. The molecule has 1 aromatic heterocycles. The Bertz CT molecular complexity index is 1270. The van der Waals surface area contributed by atoms with Gasteiger partial charge in [0.2, 0.25) is 0 Å². The van der Waals surface area contributed by atoms with Gasteiger partial charge in [-0.25, -0.2) is 0 Å². The molecule has 4 nitrogen and oxygen atoms in total. The molecule has 2 aromatic carbocycles. The second kappa shape index (κ2) is 8.78. The third kappa shape index (κ3) is 4.27. The summed E-state index contributed by atoms with van der Waals surface area (Å²) in [5, 5.41) is 9.92. The molecule has 0 N–H and O–H groups in total. The van der Waals surface area contributed by atoms with E-state index in [2.05, 4.69) is 29.2 Å². The third-order valence-corrected chi connectivity index (χ3v) is 6.74. The molecule has 5 rings (SSSR count). The fourth-order valence-corrected chi connectivity index (χ4v) is 5.30. The van der Waals surface area contributed by atoms with Crippen LogP contribution in [0.2, 0.25) is 5.02 Å². The van der Waals surface area contributed by atoms with Crippen LogP contribution in [0.3, 0.4) is 0 Å². The highest BCUT2D eigenvalue weighted by molar-refractivity contribution is 6.30. The highest BCUT2D eigenvalue weighted by Crippen LogP contribution is 2.37. The van der Waals surface area contributed by atoms with E-state index in [0.29, 0.717) is 17.4 Å². The maximum Gasteiger partial charge on any atom is 0.250 e. The quantitative estimate of drug-likeness (QED) is 0.561. The zero-order chi connectivity index (χ0) is 22.1. The average Bonchev–Trinajstić information content (AvgIpc) is 2.80. The maximum atomic E-state index is 12.7. The fourth-order valence-electron chi connectivity index (χ4n) is 5.17. The van der Waals surface area contributed by atoms with E-state index in [9.17, 15) is 10.1 Å². The van der Waals surface area contributed by atoms with Crippen molar-refractivity contribution in [3.8, 4) is 6.07 Å². The van der Waals surface area contributed by atoms with Crippen molar-refractivity contribution in [3.05, 3.63) is 104 Å². The molecule has 0 aliphatic carbocycles. The average molecular weight is 442 g/mol. The highest BCUT2D eigenvalue weighted by atomic mass is 35.5. The minimum Gasteiger partial charge on any atom is -0.311 e. The molecule has 32 heavy (non-hydrogen) atoms. The number of hydrogen-bond acceptors (Lipinski definition) is 3. The van der Waals surface area contributed by atoms with E-state index < -0.39 is 0 Å². The van der Waals surface area contributed by atoms with Crippen LogP contribution in [0.1, 0.15) is 40.3 Å². The molecular weight excluding hydrogens is 418 g/mol. The van der Waals surface area contributed by atoms with Crippen LogP contribution in [0.25, 0.3) is 12.2 Å². The van der Waals surface area contributed by atoms with E-state index in [4.69, 9.17) is 11.6 Å². The first-order valence-electron chi connectivity index (χ1n) is 11.0. The summed E-state index contributed by atoms with van der Waals surface area (Å²) in [5.41, 5.74) is 5.29. The van der Waals surface area contributed by atoms with Crippen LogP contribution in [-0.2, 0) is 13.1 Å². The number of pyridine rings is 1. The molecule has 2 aliphatic heterocycles. The number of aromatic nitrogens is 1. The van der Waals surface area contributed by atoms with E-state index in [-0.39, 0.29) is 5.56 Å². The van der Waals surface area contributed by atoms with Crippen LogP contribution >= 0.6 is 11.6 Å². The molecule has 0 saturated carbocycles. The van der Waals surface area contributed by atoms with Gasteiger partial charge in [-0.1, -0.05) is 48.0 Å². The molecule has 1 fully saturated rings. The van der Waals surface area contributed by atoms with Crippen molar-refractivity contribution < 1.29 is 0 Å². The van der Waals surface area contributed by atoms with Crippen LogP contribution in [-0.4, -0.2) is 22.6 Å². The SMILES string of the molecule is N#Cc1cccc(CN2C[C@H]3C[C@H](C2)c2c(C=Cc4ccc(Cl)cc4)ccc(=O)n2C3)c1. The molecule has 3 aromatic rings. The van der Waals surface area contributed by atoms with Gasteiger partial charge in [-0.2, -0.15) is 5.26 Å². The number of rotatable bonds is 4. The summed E-state index contributed by atoms with van der Waals surface area (Å²) >= 11 is 6.00. The zero-order valence-electron chi connectivity index (χ0n) is 17.7. The lowest BCUT2D eigenvalue weighted by molar-refractivity contribution is 0.114. The molecule has 0 radical (unpaired) electrons. The largest absolute Gasteiger partial charge is 0.311 e. The van der Waals surface area contributed by atoms with Crippen LogP contribution in [0.5, 0.6) is 0 Å². The first-order valence-corrected chi connectivity index (χ1v) is 11.4. The predicted molar refractivity (Wildman–Crippen MR) is 128 cm³/mol. The maximum absolute atomic E-state index is 12.7. The second-order valence-corrected chi connectivity index (χ2v) is 9.25. The normalized spacial score (nSPS) is 20.1. The van der Waals surface area contributed by atoms with Crippen molar-refractivity contribution in [1.82, 2.24) is 9.47 Å². The second-order valence-electron chi connectivity index (χ2n) is 8.81. The van der Waals surface area contributed by atoms with Crippen LogP contribution in [0, 0.1) is 17.2 Å². The Hall–Kier alpha value is -3.13. The monoisotopic (exact) mass is 441 g/mol. The van der Waals surface area contributed by atoms with Gasteiger partial charge in [0.1, 0.15) is 0 Å². The summed E-state index contributed by atoms with van der Waals surface area (Å²) < 4.78 is 1.99. The molecule has 0 amide bonds. The van der Waals surface area contributed by atoms with Gasteiger partial charge < -0.3 is 4.57 Å². The summed E-state index contributed by atoms with van der Waals surface area (Å²) in [6.45, 7) is 3.49. The molecule has 2 atom stereocenters. The molecule has 160 valence electrons. The lowest BCUT2D eigenvalue weighted by Gasteiger charge is -2.43. The van der Waals surface area contributed by atoms with Gasteiger partial charge in [0.25, 0.3) is 5.56 Å². The lowest BCUT2D eigenvalue weighted by atomic mass is 9.81. The van der Waals surface area contributed by atoms with Gasteiger partial charge in [-0.15, -0.1) is 0 Å². The molecule has 1 saturated heterocycles. The smallest absolute Gasteiger partial charge is 0.250 e. The van der Waals surface area contributed by atoms with Crippen molar-refractivity contribution in [2.45, 2.75) is 25.4 Å². The molecule has 0 unspecified atom stereocenters. The van der Waals surface area contributed by atoms with Crippen LogP contribution in [0.4, 0.5) is 0 Å². The number of nitrogens with zero attached hydrogens (tertiary/aromatic N) is 3. The number of benzene rings is 2. The van der Waals surface area contributed by atoms with E-state index in [0.717, 1.165) is 60.0 Å². The molecule has 3 heterocycles. The summed E-state index contributed by atoms with van der Waals surface area (Å²) in [4.78, 5) is 15.2. The number of nitriles is 1. The number of likely N-dealkylation sites (tertiary alicyclic amines) is 1. The van der Waals surface area contributed by atoms with Crippen molar-refractivity contribution in [1.29, 1.82) is 5.26 Å². The van der Waals surface area contributed by atoms with Crippen molar-refractivity contribution >= 4 is 23.8 Å².